The molecule has 0 unspecified atom stereocenters. The maximum absolute atomic E-state index is 8.90. The van der Waals surface area contributed by atoms with Crippen LogP contribution >= 0.6 is 0 Å². The zero-order valence-electron chi connectivity index (χ0n) is 11.4. The smallest absolute Gasteiger partial charge is 0.124 e. The van der Waals surface area contributed by atoms with Gasteiger partial charge in [-0.15, -0.1) is 0 Å². The average Bonchev–Trinajstić information content (AvgIpc) is 2.77. The summed E-state index contributed by atoms with van der Waals surface area (Å²) < 4.78 is 2.17. The molecular weight excluding hydrogens is 236 g/mol. The number of rotatable bonds is 7. The van der Waals surface area contributed by atoms with Crippen LogP contribution in [0.5, 0.6) is 0 Å². The Balaban J connectivity index is 2.10. The number of hydrogen-bond acceptors (Lipinski definition) is 3. The van der Waals surface area contributed by atoms with E-state index in [0.717, 1.165) is 49.3 Å². The summed E-state index contributed by atoms with van der Waals surface area (Å²) >= 11 is 0. The van der Waals surface area contributed by atoms with Gasteiger partial charge >= 0.3 is 0 Å². The van der Waals surface area contributed by atoms with Gasteiger partial charge < -0.3 is 9.88 Å². The largest absolute Gasteiger partial charge is 0.327 e. The van der Waals surface area contributed by atoms with E-state index < -0.39 is 0 Å². The van der Waals surface area contributed by atoms with Crippen LogP contribution in [0.1, 0.15) is 25.6 Å². The fourth-order valence-corrected chi connectivity index (χ4v) is 2.24. The Morgan fingerprint density at radius 1 is 1.32 bits per heavy atom. The van der Waals surface area contributed by atoms with E-state index in [2.05, 4.69) is 33.9 Å². The van der Waals surface area contributed by atoms with Gasteiger partial charge in [-0.25, -0.2) is 4.98 Å². The number of nitrogens with one attached hydrogen (secondary N) is 1. The first-order valence-corrected chi connectivity index (χ1v) is 6.88. The van der Waals surface area contributed by atoms with E-state index in [9.17, 15) is 0 Å². The van der Waals surface area contributed by atoms with Crippen LogP contribution in [0, 0.1) is 11.3 Å². The van der Waals surface area contributed by atoms with Gasteiger partial charge in [0.15, 0.2) is 0 Å². The van der Waals surface area contributed by atoms with Crippen LogP contribution in [0.3, 0.4) is 0 Å². The van der Waals surface area contributed by atoms with Crippen molar-refractivity contribution >= 4 is 11.0 Å². The highest BCUT2D eigenvalue weighted by Gasteiger charge is 2.09. The number of fused-ring (bicyclic) bond motifs is 1. The molecule has 4 nitrogen and oxygen atoms in total. The predicted octanol–water partition coefficient (Wildman–Crippen LogP) is 2.49. The Morgan fingerprint density at radius 2 is 2.16 bits per heavy atom. The molecule has 19 heavy (non-hydrogen) atoms. The maximum Gasteiger partial charge on any atom is 0.124 e. The SMILES string of the molecule is CCCNCCCn1c(CC#N)nc2ccccc21. The minimum absolute atomic E-state index is 0.372. The summed E-state index contributed by atoms with van der Waals surface area (Å²) in [6.45, 7) is 5.15. The molecule has 1 N–H and O–H groups in total. The number of hydrogen-bond donors (Lipinski definition) is 1. The Labute approximate surface area is 114 Å². The second-order valence-electron chi connectivity index (χ2n) is 4.61. The van der Waals surface area contributed by atoms with Gasteiger partial charge in [0.1, 0.15) is 5.82 Å². The lowest BCUT2D eigenvalue weighted by molar-refractivity contribution is 0.576. The molecule has 0 aliphatic carbocycles. The van der Waals surface area contributed by atoms with Gasteiger partial charge in [0.25, 0.3) is 0 Å². The third kappa shape index (κ3) is 3.33. The Bertz CT molecular complexity index is 565. The molecule has 0 radical (unpaired) electrons. The van der Waals surface area contributed by atoms with Gasteiger partial charge in [0.2, 0.25) is 0 Å². The topological polar surface area (TPSA) is 53.6 Å². The second kappa shape index (κ2) is 6.91. The van der Waals surface area contributed by atoms with Gasteiger partial charge in [-0.2, -0.15) is 5.26 Å². The van der Waals surface area contributed by atoms with Crippen LogP contribution in [0.4, 0.5) is 0 Å². The zero-order valence-corrected chi connectivity index (χ0v) is 11.4. The van der Waals surface area contributed by atoms with Crippen molar-refractivity contribution in [3.05, 3.63) is 30.1 Å². The standard InChI is InChI=1S/C15H20N4/c1-2-10-17-11-5-12-19-14-7-4-3-6-13(14)18-15(19)8-9-16/h3-4,6-7,17H,2,5,8,10-12H2,1H3. The summed E-state index contributed by atoms with van der Waals surface area (Å²) in [4.78, 5) is 4.54. The maximum atomic E-state index is 8.90. The first kappa shape index (κ1) is 13.6. The Morgan fingerprint density at radius 3 is 2.95 bits per heavy atom. The fourth-order valence-electron chi connectivity index (χ4n) is 2.24. The number of imidazole rings is 1. The molecule has 4 heteroatoms. The van der Waals surface area contributed by atoms with Crippen molar-refractivity contribution in [1.82, 2.24) is 14.9 Å². The zero-order chi connectivity index (χ0) is 13.5. The highest BCUT2D eigenvalue weighted by Crippen LogP contribution is 2.16. The molecular formula is C15H20N4. The lowest BCUT2D eigenvalue weighted by Crippen LogP contribution is -2.18. The van der Waals surface area contributed by atoms with Gasteiger partial charge in [0, 0.05) is 6.54 Å². The predicted molar refractivity (Wildman–Crippen MR) is 76.8 cm³/mol. The van der Waals surface area contributed by atoms with Crippen LogP contribution in [0.25, 0.3) is 11.0 Å². The molecule has 0 saturated carbocycles. The van der Waals surface area contributed by atoms with Gasteiger partial charge in [0.05, 0.1) is 23.5 Å². The first-order chi connectivity index (χ1) is 9.36. The fraction of sp³-hybridized carbons (Fsp3) is 0.467. The van der Waals surface area contributed by atoms with Crippen LogP contribution < -0.4 is 5.32 Å². The molecule has 1 aromatic heterocycles. The minimum atomic E-state index is 0.372. The number of aromatic nitrogens is 2. The lowest BCUT2D eigenvalue weighted by atomic mass is 10.3. The molecule has 100 valence electrons. The number of nitrogens with zero attached hydrogens (tertiary/aromatic N) is 3. The quantitative estimate of drug-likeness (QED) is 0.774. The van der Waals surface area contributed by atoms with Crippen molar-refractivity contribution in [2.45, 2.75) is 32.7 Å². The lowest BCUT2D eigenvalue weighted by Gasteiger charge is -2.08. The molecule has 0 amide bonds. The van der Waals surface area contributed by atoms with Crippen LogP contribution in [0.2, 0.25) is 0 Å². The highest BCUT2D eigenvalue weighted by atomic mass is 15.1. The Hall–Kier alpha value is -1.86. The second-order valence-corrected chi connectivity index (χ2v) is 4.61. The molecule has 1 aromatic carbocycles. The van der Waals surface area contributed by atoms with Gasteiger partial charge in [-0.05, 0) is 38.1 Å². The van der Waals surface area contributed by atoms with Crippen molar-refractivity contribution in [2.24, 2.45) is 0 Å². The normalized spacial score (nSPS) is 10.7. The summed E-state index contributed by atoms with van der Waals surface area (Å²) in [7, 11) is 0. The summed E-state index contributed by atoms with van der Waals surface area (Å²) in [5.74, 6) is 0.874. The molecule has 0 spiro atoms. The van der Waals surface area contributed by atoms with E-state index in [1.807, 2.05) is 18.2 Å². The summed E-state index contributed by atoms with van der Waals surface area (Å²) in [6.07, 6.45) is 2.59. The van der Waals surface area contributed by atoms with Crippen LogP contribution in [-0.2, 0) is 13.0 Å². The summed E-state index contributed by atoms with van der Waals surface area (Å²) in [6, 6.07) is 10.3. The average molecular weight is 256 g/mol. The van der Waals surface area contributed by atoms with Crippen molar-refractivity contribution in [1.29, 1.82) is 5.26 Å². The third-order valence-electron chi connectivity index (χ3n) is 3.13. The van der Waals surface area contributed by atoms with Crippen molar-refractivity contribution in [3.8, 4) is 6.07 Å². The molecule has 0 atom stereocenters. The highest BCUT2D eigenvalue weighted by molar-refractivity contribution is 5.75. The molecule has 0 fully saturated rings. The third-order valence-corrected chi connectivity index (χ3v) is 3.13. The summed E-state index contributed by atoms with van der Waals surface area (Å²) in [5, 5.41) is 12.3. The van der Waals surface area contributed by atoms with E-state index >= 15 is 0 Å². The Kier molecular flexibility index (Phi) is 4.93. The molecule has 2 rings (SSSR count). The monoisotopic (exact) mass is 256 g/mol. The molecule has 0 saturated heterocycles. The number of benzene rings is 1. The van der Waals surface area contributed by atoms with E-state index in [4.69, 9.17) is 5.26 Å². The number of aryl methyl sites for hydroxylation is 1. The molecule has 2 aromatic rings. The molecule has 0 bridgehead atoms. The van der Waals surface area contributed by atoms with Crippen molar-refractivity contribution in [3.63, 3.8) is 0 Å². The minimum Gasteiger partial charge on any atom is -0.327 e. The number of para-hydroxylation sites is 2. The van der Waals surface area contributed by atoms with Gasteiger partial charge in [-0.3, -0.25) is 0 Å². The van der Waals surface area contributed by atoms with Crippen molar-refractivity contribution < 1.29 is 0 Å². The van der Waals surface area contributed by atoms with Crippen LogP contribution in [0.15, 0.2) is 24.3 Å². The van der Waals surface area contributed by atoms with Gasteiger partial charge in [-0.1, -0.05) is 19.1 Å². The summed E-state index contributed by atoms with van der Waals surface area (Å²) in [5.41, 5.74) is 2.11. The van der Waals surface area contributed by atoms with E-state index in [-0.39, 0.29) is 0 Å². The molecule has 0 aliphatic rings. The van der Waals surface area contributed by atoms with Crippen LogP contribution in [-0.4, -0.2) is 22.6 Å². The van der Waals surface area contributed by atoms with E-state index in [1.165, 1.54) is 0 Å². The van der Waals surface area contributed by atoms with E-state index in [1.54, 1.807) is 0 Å². The first-order valence-electron chi connectivity index (χ1n) is 6.88. The molecule has 0 aliphatic heterocycles. The number of nitriles is 1. The van der Waals surface area contributed by atoms with E-state index in [0.29, 0.717) is 6.42 Å². The molecule has 1 heterocycles. The van der Waals surface area contributed by atoms with Crippen molar-refractivity contribution in [2.75, 3.05) is 13.1 Å².